The van der Waals surface area contributed by atoms with Crippen molar-refractivity contribution in [1.29, 1.82) is 0 Å². The molecule has 5 rings (SSSR count). The molecule has 0 spiro atoms. The molecule has 49 heavy (non-hydrogen) atoms. The summed E-state index contributed by atoms with van der Waals surface area (Å²) in [7, 11) is 0. The van der Waals surface area contributed by atoms with Crippen LogP contribution >= 0.6 is 0 Å². The van der Waals surface area contributed by atoms with Crippen LogP contribution in [0.1, 0.15) is 115 Å². The van der Waals surface area contributed by atoms with Crippen molar-refractivity contribution < 1.29 is 28.8 Å². The summed E-state index contributed by atoms with van der Waals surface area (Å²) in [4.78, 5) is 90.7. The smallest absolute Gasteiger partial charge is 0.318 e. The van der Waals surface area contributed by atoms with E-state index in [-0.39, 0.29) is 36.0 Å². The maximum Gasteiger partial charge on any atom is 0.318 e. The average Bonchev–Trinajstić information content (AvgIpc) is 3.67. The summed E-state index contributed by atoms with van der Waals surface area (Å²) in [5.74, 6) is -4.10. The first-order valence-electron chi connectivity index (χ1n) is 18.2. The minimum atomic E-state index is -0.975. The van der Waals surface area contributed by atoms with E-state index in [1.807, 2.05) is 27.7 Å². The number of amides is 6. The van der Waals surface area contributed by atoms with E-state index in [0.717, 1.165) is 75.5 Å². The fourth-order valence-electron chi connectivity index (χ4n) is 7.91. The van der Waals surface area contributed by atoms with E-state index in [9.17, 15) is 28.8 Å². The van der Waals surface area contributed by atoms with Crippen LogP contribution in [-0.4, -0.2) is 81.0 Å². The zero-order valence-corrected chi connectivity index (χ0v) is 29.3. The molecular formula is C36H53N7O6. The van der Waals surface area contributed by atoms with Crippen LogP contribution in [0.15, 0.2) is 18.6 Å². The third-order valence-electron chi connectivity index (χ3n) is 10.8. The number of carbonyl (C=O) groups is 6. The summed E-state index contributed by atoms with van der Waals surface area (Å²) in [6.07, 6.45) is 14.1. The molecule has 2 bridgehead atoms. The molecule has 1 aromatic heterocycles. The molecule has 4 fully saturated rings. The molecule has 13 nitrogen and oxygen atoms in total. The summed E-state index contributed by atoms with van der Waals surface area (Å²) in [5, 5.41) is 11.7. The van der Waals surface area contributed by atoms with Gasteiger partial charge in [0.15, 0.2) is 0 Å². The zero-order valence-electron chi connectivity index (χ0n) is 29.3. The SMILES string of the molecule is CCCCN(C(=O)C(=O)NC1CC1)C(=O)C1C2CCC(C2)C1NC(=O)C(NC(=O)C(NC(=O)c1cnccn1)C1CCCCC1)C(C)(C)C. The molecule has 1 heterocycles. The predicted molar refractivity (Wildman–Crippen MR) is 180 cm³/mol. The van der Waals surface area contributed by atoms with Crippen molar-refractivity contribution in [3.63, 3.8) is 0 Å². The Morgan fingerprint density at radius 2 is 1.59 bits per heavy atom. The molecule has 268 valence electrons. The molecule has 6 atom stereocenters. The van der Waals surface area contributed by atoms with E-state index in [2.05, 4.69) is 31.2 Å². The average molecular weight is 680 g/mol. The van der Waals surface area contributed by atoms with Crippen LogP contribution in [0, 0.1) is 29.1 Å². The minimum Gasteiger partial charge on any atom is -0.350 e. The largest absolute Gasteiger partial charge is 0.350 e. The van der Waals surface area contributed by atoms with Crippen LogP contribution in [0.2, 0.25) is 0 Å². The highest BCUT2D eigenvalue weighted by atomic mass is 16.2. The Bertz CT molecular complexity index is 1390. The minimum absolute atomic E-state index is 0.0131. The van der Waals surface area contributed by atoms with Gasteiger partial charge < -0.3 is 21.3 Å². The number of fused-ring (bicyclic) bond motifs is 2. The number of hydrogen-bond acceptors (Lipinski definition) is 8. The summed E-state index contributed by atoms with van der Waals surface area (Å²) < 4.78 is 0. The second-order valence-electron chi connectivity index (χ2n) is 15.5. The van der Waals surface area contributed by atoms with Gasteiger partial charge in [0.2, 0.25) is 17.7 Å². The van der Waals surface area contributed by atoms with E-state index < -0.39 is 64.9 Å². The van der Waals surface area contributed by atoms with Crippen LogP contribution in [0.25, 0.3) is 0 Å². The van der Waals surface area contributed by atoms with Crippen LogP contribution in [0.5, 0.6) is 0 Å². The van der Waals surface area contributed by atoms with Gasteiger partial charge in [-0.15, -0.1) is 0 Å². The highest BCUT2D eigenvalue weighted by molar-refractivity contribution is 6.37. The van der Waals surface area contributed by atoms with Crippen LogP contribution < -0.4 is 21.3 Å². The van der Waals surface area contributed by atoms with Crippen molar-refractivity contribution in [2.24, 2.45) is 29.1 Å². The number of imide groups is 1. The first kappa shape index (κ1) is 36.4. The molecule has 4 N–H and O–H groups in total. The van der Waals surface area contributed by atoms with Crippen molar-refractivity contribution in [3.05, 3.63) is 24.3 Å². The zero-order chi connectivity index (χ0) is 35.3. The van der Waals surface area contributed by atoms with E-state index in [4.69, 9.17) is 0 Å². The summed E-state index contributed by atoms with van der Waals surface area (Å²) >= 11 is 0. The standard InChI is InChI=1S/C36H53N7O6/c1-5-6-18-43(35(49)33(47)39-24-14-15-24)34(48)26-22-12-13-23(19-22)27(26)40-32(46)29(36(2,3)4)42-31(45)28(21-10-8-7-9-11-21)41-30(44)25-20-37-16-17-38-25/h16-17,20-24,26-29H,5-15,18-19H2,1-4H3,(H,39,47)(H,40,46)(H,41,44)(H,42,45). The van der Waals surface area contributed by atoms with Gasteiger partial charge in [-0.3, -0.25) is 38.7 Å². The topological polar surface area (TPSA) is 180 Å². The lowest BCUT2D eigenvalue weighted by molar-refractivity contribution is -0.155. The van der Waals surface area contributed by atoms with E-state index in [1.54, 1.807) is 0 Å². The molecule has 0 saturated heterocycles. The van der Waals surface area contributed by atoms with Gasteiger partial charge in [-0.2, -0.15) is 0 Å². The van der Waals surface area contributed by atoms with Gasteiger partial charge in [-0.25, -0.2) is 4.98 Å². The second-order valence-corrected chi connectivity index (χ2v) is 15.5. The number of nitrogens with zero attached hydrogens (tertiary/aromatic N) is 3. The molecule has 0 radical (unpaired) electrons. The third kappa shape index (κ3) is 8.83. The van der Waals surface area contributed by atoms with Gasteiger partial charge in [0.1, 0.15) is 17.8 Å². The molecule has 4 aliphatic carbocycles. The maximum atomic E-state index is 14.2. The molecule has 6 unspecified atom stereocenters. The lowest BCUT2D eigenvalue weighted by Gasteiger charge is -2.38. The third-order valence-corrected chi connectivity index (χ3v) is 10.8. The van der Waals surface area contributed by atoms with Gasteiger partial charge in [-0.05, 0) is 74.5 Å². The predicted octanol–water partition coefficient (Wildman–Crippen LogP) is 2.65. The van der Waals surface area contributed by atoms with E-state index in [1.165, 1.54) is 18.6 Å². The van der Waals surface area contributed by atoms with Gasteiger partial charge in [0.05, 0.1) is 12.1 Å². The van der Waals surface area contributed by atoms with Crippen LogP contribution in [0.4, 0.5) is 0 Å². The molecule has 0 aromatic carbocycles. The summed E-state index contributed by atoms with van der Waals surface area (Å²) in [6.45, 7) is 7.68. The number of nitrogens with one attached hydrogen (secondary N) is 4. The normalized spacial score (nSPS) is 24.7. The highest BCUT2D eigenvalue weighted by Gasteiger charge is 2.54. The van der Waals surface area contributed by atoms with Gasteiger partial charge in [-0.1, -0.05) is 53.4 Å². The summed E-state index contributed by atoms with van der Waals surface area (Å²) in [6, 6.07) is -2.40. The molecular weight excluding hydrogens is 626 g/mol. The Kier molecular flexibility index (Phi) is 11.7. The van der Waals surface area contributed by atoms with Crippen molar-refractivity contribution in [3.8, 4) is 0 Å². The number of aromatic nitrogens is 2. The first-order valence-corrected chi connectivity index (χ1v) is 18.2. The molecule has 6 amide bonds. The Morgan fingerprint density at radius 1 is 0.878 bits per heavy atom. The Hall–Kier alpha value is -3.90. The van der Waals surface area contributed by atoms with E-state index >= 15 is 0 Å². The Morgan fingerprint density at radius 3 is 2.22 bits per heavy atom. The number of rotatable bonds is 12. The van der Waals surface area contributed by atoms with E-state index in [0.29, 0.717) is 6.42 Å². The fraction of sp³-hybridized carbons (Fsp3) is 0.722. The van der Waals surface area contributed by atoms with Crippen molar-refractivity contribution >= 4 is 35.4 Å². The van der Waals surface area contributed by atoms with Gasteiger partial charge in [0.25, 0.3) is 5.91 Å². The van der Waals surface area contributed by atoms with Crippen LogP contribution in [-0.2, 0) is 24.0 Å². The number of carbonyl (C=O) groups excluding carboxylic acids is 6. The lowest BCUT2D eigenvalue weighted by atomic mass is 9.81. The van der Waals surface area contributed by atoms with Crippen molar-refractivity contribution in [2.45, 2.75) is 129 Å². The summed E-state index contributed by atoms with van der Waals surface area (Å²) in [5.41, 5.74) is -0.614. The maximum absolute atomic E-state index is 14.2. The highest BCUT2D eigenvalue weighted by Crippen LogP contribution is 2.49. The quantitative estimate of drug-likeness (QED) is 0.244. The van der Waals surface area contributed by atoms with Crippen LogP contribution in [0.3, 0.4) is 0 Å². The molecule has 1 aromatic rings. The molecule has 4 saturated carbocycles. The van der Waals surface area contributed by atoms with Gasteiger partial charge >= 0.3 is 11.8 Å². The monoisotopic (exact) mass is 679 g/mol. The fourth-order valence-corrected chi connectivity index (χ4v) is 7.91. The second kappa shape index (κ2) is 15.8. The number of hydrogen-bond donors (Lipinski definition) is 4. The Balaban J connectivity index is 1.33. The van der Waals surface area contributed by atoms with Crippen molar-refractivity contribution in [2.75, 3.05) is 6.54 Å². The first-order chi connectivity index (χ1) is 23.4. The number of unbranched alkanes of at least 4 members (excludes halogenated alkanes) is 1. The Labute approximate surface area is 288 Å². The molecule has 13 heteroatoms. The molecule has 0 aliphatic heterocycles. The molecule has 4 aliphatic rings. The lowest BCUT2D eigenvalue weighted by Crippen LogP contribution is -2.62. The van der Waals surface area contributed by atoms with Crippen molar-refractivity contribution in [1.82, 2.24) is 36.1 Å². The van der Waals surface area contributed by atoms with Gasteiger partial charge in [0, 0.05) is 31.0 Å².